The van der Waals surface area contributed by atoms with E-state index in [2.05, 4.69) is 5.32 Å². The predicted octanol–water partition coefficient (Wildman–Crippen LogP) is 1.48. The van der Waals surface area contributed by atoms with Crippen molar-refractivity contribution in [3.8, 4) is 11.5 Å². The van der Waals surface area contributed by atoms with E-state index in [-0.39, 0.29) is 16.4 Å². The fraction of sp³-hybridized carbons (Fsp3) is 0.400. The third-order valence-corrected chi connectivity index (χ3v) is 9.25. The van der Waals surface area contributed by atoms with Crippen molar-refractivity contribution in [1.29, 1.82) is 0 Å². The lowest BCUT2D eigenvalue weighted by molar-refractivity contribution is 0.408. The molecule has 2 unspecified atom stereocenters. The SMILES string of the molecule is COc1ccc(S(=O)(=O)C2CS(=O)(=O)CC2NCCc2ccccc2OC)cc1. The van der Waals surface area contributed by atoms with Crippen molar-refractivity contribution in [2.75, 3.05) is 32.3 Å². The second-order valence-corrected chi connectivity index (χ2v) is 11.3. The fourth-order valence-corrected chi connectivity index (χ4v) is 8.27. The summed E-state index contributed by atoms with van der Waals surface area (Å²) in [5, 5.41) is 2.12. The van der Waals surface area contributed by atoms with E-state index in [1.807, 2.05) is 24.3 Å². The minimum absolute atomic E-state index is 0.0944. The van der Waals surface area contributed by atoms with Crippen LogP contribution in [0.3, 0.4) is 0 Å². The van der Waals surface area contributed by atoms with E-state index < -0.39 is 31.0 Å². The van der Waals surface area contributed by atoms with Gasteiger partial charge < -0.3 is 14.8 Å². The summed E-state index contributed by atoms with van der Waals surface area (Å²) in [5.41, 5.74) is 0.970. The molecule has 0 radical (unpaired) electrons. The Morgan fingerprint density at radius 2 is 1.69 bits per heavy atom. The number of methoxy groups -OCH3 is 2. The van der Waals surface area contributed by atoms with Crippen LogP contribution in [0.1, 0.15) is 5.56 Å². The summed E-state index contributed by atoms with van der Waals surface area (Å²) in [5.74, 6) is 0.706. The maximum atomic E-state index is 13.1. The van der Waals surface area contributed by atoms with Crippen LogP contribution in [0.25, 0.3) is 0 Å². The largest absolute Gasteiger partial charge is 0.497 e. The Morgan fingerprint density at radius 1 is 1.00 bits per heavy atom. The average molecular weight is 440 g/mol. The van der Waals surface area contributed by atoms with E-state index in [0.29, 0.717) is 18.7 Å². The third-order valence-electron chi connectivity index (χ3n) is 5.08. The highest BCUT2D eigenvalue weighted by atomic mass is 32.2. The van der Waals surface area contributed by atoms with Crippen LogP contribution in [-0.2, 0) is 26.1 Å². The molecule has 0 aromatic heterocycles. The van der Waals surface area contributed by atoms with Crippen LogP contribution in [0.2, 0.25) is 0 Å². The highest BCUT2D eigenvalue weighted by molar-refractivity contribution is 7.96. The van der Waals surface area contributed by atoms with Crippen LogP contribution in [-0.4, -0.2) is 60.4 Å². The van der Waals surface area contributed by atoms with Crippen LogP contribution in [0.15, 0.2) is 53.4 Å². The molecule has 1 aliphatic rings. The number of benzene rings is 2. The molecule has 7 nitrogen and oxygen atoms in total. The molecule has 2 aromatic rings. The van der Waals surface area contributed by atoms with Gasteiger partial charge in [0.05, 0.1) is 35.9 Å². The lowest BCUT2D eigenvalue weighted by atomic mass is 10.1. The average Bonchev–Trinajstić information content (AvgIpc) is 3.03. The normalized spacial score (nSPS) is 21.0. The summed E-state index contributed by atoms with van der Waals surface area (Å²) in [7, 11) is -4.18. The molecule has 2 aromatic carbocycles. The van der Waals surface area contributed by atoms with Gasteiger partial charge in [-0.2, -0.15) is 0 Å². The minimum atomic E-state index is -3.81. The van der Waals surface area contributed by atoms with Crippen LogP contribution in [0.5, 0.6) is 11.5 Å². The molecule has 0 amide bonds. The highest BCUT2D eigenvalue weighted by Crippen LogP contribution is 2.27. The molecule has 1 saturated heterocycles. The fourth-order valence-electron chi connectivity index (χ4n) is 3.55. The number of para-hydroxylation sites is 1. The first kappa shape index (κ1) is 21.6. The van der Waals surface area contributed by atoms with Gasteiger partial charge in [-0.25, -0.2) is 16.8 Å². The van der Waals surface area contributed by atoms with Gasteiger partial charge in [-0.05, 0) is 48.9 Å². The molecule has 0 spiro atoms. The van der Waals surface area contributed by atoms with Crippen LogP contribution in [0.4, 0.5) is 0 Å². The molecule has 0 aliphatic carbocycles. The van der Waals surface area contributed by atoms with E-state index >= 15 is 0 Å². The molecule has 1 aliphatic heterocycles. The second kappa shape index (κ2) is 8.73. The topological polar surface area (TPSA) is 98.8 Å². The van der Waals surface area contributed by atoms with Gasteiger partial charge in [0.25, 0.3) is 0 Å². The molecule has 1 fully saturated rings. The van der Waals surface area contributed by atoms with Crippen molar-refractivity contribution in [2.24, 2.45) is 0 Å². The Hall–Kier alpha value is -2.10. The van der Waals surface area contributed by atoms with Crippen LogP contribution in [0, 0.1) is 0 Å². The molecular weight excluding hydrogens is 414 g/mol. The first-order valence-corrected chi connectivity index (χ1v) is 12.6. The van der Waals surface area contributed by atoms with E-state index in [1.54, 1.807) is 19.2 Å². The molecule has 1 heterocycles. The predicted molar refractivity (Wildman–Crippen MR) is 111 cm³/mol. The van der Waals surface area contributed by atoms with Gasteiger partial charge in [0.1, 0.15) is 11.5 Å². The summed E-state index contributed by atoms with van der Waals surface area (Å²) >= 11 is 0. The zero-order valence-electron chi connectivity index (χ0n) is 16.4. The Kier molecular flexibility index (Phi) is 6.50. The van der Waals surface area contributed by atoms with Crippen molar-refractivity contribution in [3.05, 3.63) is 54.1 Å². The summed E-state index contributed by atoms with van der Waals surface area (Å²) in [6, 6.07) is 12.9. The number of hydrogen-bond acceptors (Lipinski definition) is 7. The molecule has 0 saturated carbocycles. The smallest absolute Gasteiger partial charge is 0.183 e. The molecular formula is C20H25NO6S2. The zero-order valence-corrected chi connectivity index (χ0v) is 18.0. The van der Waals surface area contributed by atoms with Gasteiger partial charge in [-0.1, -0.05) is 18.2 Å². The summed E-state index contributed by atoms with van der Waals surface area (Å²) < 4.78 is 61.0. The lowest BCUT2D eigenvalue weighted by Crippen LogP contribution is -2.44. The Bertz CT molecular complexity index is 1050. The lowest BCUT2D eigenvalue weighted by Gasteiger charge is -2.20. The van der Waals surface area contributed by atoms with E-state index in [0.717, 1.165) is 11.3 Å². The first-order valence-electron chi connectivity index (χ1n) is 9.20. The molecule has 3 rings (SSSR count). The molecule has 9 heteroatoms. The number of ether oxygens (including phenoxy) is 2. The molecule has 29 heavy (non-hydrogen) atoms. The number of nitrogens with one attached hydrogen (secondary N) is 1. The first-order chi connectivity index (χ1) is 13.8. The maximum Gasteiger partial charge on any atom is 0.183 e. The van der Waals surface area contributed by atoms with E-state index in [9.17, 15) is 16.8 Å². The summed E-state index contributed by atoms with van der Waals surface area (Å²) in [4.78, 5) is 0.0944. The van der Waals surface area contributed by atoms with Gasteiger partial charge in [0.15, 0.2) is 19.7 Å². The van der Waals surface area contributed by atoms with E-state index in [4.69, 9.17) is 9.47 Å². The van der Waals surface area contributed by atoms with Gasteiger partial charge in [-0.15, -0.1) is 0 Å². The Labute approximate surface area is 171 Å². The van der Waals surface area contributed by atoms with Gasteiger partial charge in [-0.3, -0.25) is 0 Å². The van der Waals surface area contributed by atoms with Gasteiger partial charge >= 0.3 is 0 Å². The van der Waals surface area contributed by atoms with Crippen molar-refractivity contribution >= 4 is 19.7 Å². The highest BCUT2D eigenvalue weighted by Gasteiger charge is 2.45. The van der Waals surface area contributed by atoms with Crippen molar-refractivity contribution in [3.63, 3.8) is 0 Å². The Balaban J connectivity index is 1.76. The molecule has 158 valence electrons. The number of rotatable bonds is 8. The van der Waals surface area contributed by atoms with Gasteiger partial charge in [0.2, 0.25) is 0 Å². The molecule has 2 atom stereocenters. The third kappa shape index (κ3) is 4.91. The molecule has 1 N–H and O–H groups in total. The van der Waals surface area contributed by atoms with Gasteiger partial charge in [0, 0.05) is 6.04 Å². The van der Waals surface area contributed by atoms with Crippen molar-refractivity contribution in [2.45, 2.75) is 22.6 Å². The van der Waals surface area contributed by atoms with Crippen LogP contribution < -0.4 is 14.8 Å². The zero-order chi connectivity index (χ0) is 21.1. The monoisotopic (exact) mass is 439 g/mol. The van der Waals surface area contributed by atoms with Crippen LogP contribution >= 0.6 is 0 Å². The quantitative estimate of drug-likeness (QED) is 0.665. The Morgan fingerprint density at radius 3 is 2.34 bits per heavy atom. The maximum absolute atomic E-state index is 13.1. The molecule has 0 bridgehead atoms. The minimum Gasteiger partial charge on any atom is -0.497 e. The van der Waals surface area contributed by atoms with Crippen molar-refractivity contribution in [1.82, 2.24) is 5.32 Å². The standard InChI is InChI=1S/C20H25NO6S2/c1-26-16-7-9-17(10-8-16)29(24,25)20-14-28(22,23)13-18(20)21-12-11-15-5-3-4-6-19(15)27-2/h3-10,18,20-21H,11-14H2,1-2H3. The van der Waals surface area contributed by atoms with E-state index in [1.165, 1.54) is 19.2 Å². The number of hydrogen-bond donors (Lipinski definition) is 1. The second-order valence-electron chi connectivity index (χ2n) is 6.96. The summed E-state index contributed by atoms with van der Waals surface area (Å²) in [6.45, 7) is 0.440. The number of sulfone groups is 2. The van der Waals surface area contributed by atoms with Crippen molar-refractivity contribution < 1.29 is 26.3 Å². The summed E-state index contributed by atoms with van der Waals surface area (Å²) in [6.07, 6.45) is 0.593.